The van der Waals surface area contributed by atoms with Gasteiger partial charge >= 0.3 is 6.09 Å². The van der Waals surface area contributed by atoms with Crippen molar-refractivity contribution in [3.8, 4) is 0 Å². The fourth-order valence-electron chi connectivity index (χ4n) is 3.31. The zero-order valence-electron chi connectivity index (χ0n) is 15.4. The number of nitrogens with zero attached hydrogens (tertiary/aromatic N) is 3. The lowest BCUT2D eigenvalue weighted by atomic mass is 9.91. The number of hydrogen-bond acceptors (Lipinski definition) is 5. The van der Waals surface area contributed by atoms with Gasteiger partial charge in [0.25, 0.3) is 0 Å². The summed E-state index contributed by atoms with van der Waals surface area (Å²) in [5.74, 6) is 0.855. The maximum atomic E-state index is 12.0. The molecule has 1 fully saturated rings. The second-order valence-corrected chi connectivity index (χ2v) is 7.71. The van der Waals surface area contributed by atoms with E-state index in [2.05, 4.69) is 20.7 Å². The van der Waals surface area contributed by atoms with Crippen LogP contribution in [0.15, 0.2) is 18.5 Å². The number of nitrogens with one attached hydrogen (secondary N) is 2. The molecule has 1 aliphatic rings. The fraction of sp³-hybridized carbons (Fsp3) is 0.611. The van der Waals surface area contributed by atoms with Crippen LogP contribution in [0.1, 0.15) is 46.5 Å². The highest BCUT2D eigenvalue weighted by Crippen LogP contribution is 2.26. The summed E-state index contributed by atoms with van der Waals surface area (Å²) in [5.41, 5.74) is 0.577. The van der Waals surface area contributed by atoms with Crippen molar-refractivity contribution >= 4 is 22.8 Å². The standard InChI is InChI=1S/C18H27N5O2/c1-18(2,3)25-17(24)22-13-7-5-6-12(10-13)21-16-14-11-20-23(4)15(14)8-9-19-16/h8-9,11-13H,5-7,10H2,1-4H3,(H,19,21)(H,22,24)/t12-,13+/m1/s1. The van der Waals surface area contributed by atoms with Crippen molar-refractivity contribution in [1.29, 1.82) is 0 Å². The van der Waals surface area contributed by atoms with Gasteiger partial charge in [0.15, 0.2) is 0 Å². The summed E-state index contributed by atoms with van der Waals surface area (Å²) < 4.78 is 7.20. The molecule has 7 heteroatoms. The molecule has 2 atom stereocenters. The minimum atomic E-state index is -0.476. The molecule has 0 saturated heterocycles. The molecule has 1 aliphatic carbocycles. The van der Waals surface area contributed by atoms with Crippen LogP contribution in [0, 0.1) is 0 Å². The first-order valence-electron chi connectivity index (χ1n) is 8.84. The second-order valence-electron chi connectivity index (χ2n) is 7.71. The molecule has 0 aliphatic heterocycles. The molecule has 7 nitrogen and oxygen atoms in total. The number of carbonyl (C=O) groups is 1. The molecule has 1 saturated carbocycles. The minimum absolute atomic E-state index is 0.120. The summed E-state index contributed by atoms with van der Waals surface area (Å²) >= 11 is 0. The Morgan fingerprint density at radius 1 is 1.32 bits per heavy atom. The molecule has 0 radical (unpaired) electrons. The number of aromatic nitrogens is 3. The number of alkyl carbamates (subject to hydrolysis) is 1. The van der Waals surface area contributed by atoms with Crippen molar-refractivity contribution in [3.05, 3.63) is 18.5 Å². The fourth-order valence-corrected chi connectivity index (χ4v) is 3.31. The monoisotopic (exact) mass is 345 g/mol. The Bertz CT molecular complexity index is 749. The molecule has 2 heterocycles. The van der Waals surface area contributed by atoms with E-state index in [1.165, 1.54) is 0 Å². The van der Waals surface area contributed by atoms with E-state index < -0.39 is 5.60 Å². The van der Waals surface area contributed by atoms with E-state index in [4.69, 9.17) is 4.74 Å². The lowest BCUT2D eigenvalue weighted by Crippen LogP contribution is -2.43. The van der Waals surface area contributed by atoms with E-state index in [0.29, 0.717) is 0 Å². The van der Waals surface area contributed by atoms with Crippen molar-refractivity contribution in [1.82, 2.24) is 20.1 Å². The molecular formula is C18H27N5O2. The predicted molar refractivity (Wildman–Crippen MR) is 97.5 cm³/mol. The Balaban J connectivity index is 1.62. The van der Waals surface area contributed by atoms with Gasteiger partial charge in [0.05, 0.1) is 17.1 Å². The molecular weight excluding hydrogens is 318 g/mol. The van der Waals surface area contributed by atoms with Crippen LogP contribution < -0.4 is 10.6 Å². The smallest absolute Gasteiger partial charge is 0.407 e. The van der Waals surface area contributed by atoms with Crippen molar-refractivity contribution in [3.63, 3.8) is 0 Å². The van der Waals surface area contributed by atoms with Gasteiger partial charge in [0, 0.05) is 25.3 Å². The van der Waals surface area contributed by atoms with Crippen LogP contribution in [-0.4, -0.2) is 38.5 Å². The molecule has 0 aromatic carbocycles. The number of fused-ring (bicyclic) bond motifs is 1. The van der Waals surface area contributed by atoms with Gasteiger partial charge in [-0.05, 0) is 52.5 Å². The van der Waals surface area contributed by atoms with E-state index >= 15 is 0 Å². The van der Waals surface area contributed by atoms with E-state index in [0.717, 1.165) is 42.4 Å². The zero-order valence-corrected chi connectivity index (χ0v) is 15.4. The number of rotatable bonds is 3. The van der Waals surface area contributed by atoms with Gasteiger partial charge in [-0.2, -0.15) is 5.10 Å². The summed E-state index contributed by atoms with van der Waals surface area (Å²) in [7, 11) is 1.92. The molecule has 25 heavy (non-hydrogen) atoms. The maximum absolute atomic E-state index is 12.0. The molecule has 2 aromatic heterocycles. The molecule has 136 valence electrons. The van der Waals surface area contributed by atoms with Gasteiger partial charge in [-0.25, -0.2) is 9.78 Å². The third kappa shape index (κ3) is 4.41. The number of ether oxygens (including phenoxy) is 1. The van der Waals surface area contributed by atoms with Gasteiger partial charge < -0.3 is 15.4 Å². The first-order chi connectivity index (χ1) is 11.8. The summed E-state index contributed by atoms with van der Waals surface area (Å²) in [6, 6.07) is 2.35. The Morgan fingerprint density at radius 3 is 2.84 bits per heavy atom. The van der Waals surface area contributed by atoms with Crippen LogP contribution >= 0.6 is 0 Å². The van der Waals surface area contributed by atoms with Gasteiger partial charge in [-0.3, -0.25) is 4.68 Å². The molecule has 1 amide bonds. The minimum Gasteiger partial charge on any atom is -0.444 e. The first kappa shape index (κ1) is 17.5. The number of amides is 1. The summed E-state index contributed by atoms with van der Waals surface area (Å²) in [5, 5.41) is 11.8. The third-order valence-corrected chi connectivity index (χ3v) is 4.41. The zero-order chi connectivity index (χ0) is 18.0. The van der Waals surface area contributed by atoms with Crippen molar-refractivity contribution in [2.75, 3.05) is 5.32 Å². The Labute approximate surface area is 148 Å². The Morgan fingerprint density at radius 2 is 2.08 bits per heavy atom. The Kier molecular flexibility index (Phi) is 4.83. The topological polar surface area (TPSA) is 81.1 Å². The van der Waals surface area contributed by atoms with Crippen molar-refractivity contribution in [2.24, 2.45) is 7.05 Å². The van der Waals surface area contributed by atoms with E-state index in [9.17, 15) is 4.79 Å². The highest BCUT2D eigenvalue weighted by atomic mass is 16.6. The summed E-state index contributed by atoms with van der Waals surface area (Å²) in [6.07, 6.45) is 7.24. The molecule has 0 spiro atoms. The van der Waals surface area contributed by atoms with Crippen LogP contribution in [0.5, 0.6) is 0 Å². The predicted octanol–water partition coefficient (Wildman–Crippen LogP) is 3.22. The van der Waals surface area contributed by atoms with E-state index in [1.807, 2.05) is 44.8 Å². The van der Waals surface area contributed by atoms with Gasteiger partial charge in [0.1, 0.15) is 11.4 Å². The van der Waals surface area contributed by atoms with Crippen LogP contribution in [0.3, 0.4) is 0 Å². The van der Waals surface area contributed by atoms with E-state index in [-0.39, 0.29) is 18.2 Å². The lowest BCUT2D eigenvalue weighted by molar-refractivity contribution is 0.0492. The normalized spacial score (nSPS) is 21.1. The number of anilines is 1. The van der Waals surface area contributed by atoms with Crippen LogP contribution in [0.25, 0.3) is 10.9 Å². The molecule has 0 bridgehead atoms. The van der Waals surface area contributed by atoms with Gasteiger partial charge in [0.2, 0.25) is 0 Å². The quantitative estimate of drug-likeness (QED) is 0.893. The molecule has 2 aromatic rings. The summed E-state index contributed by atoms with van der Waals surface area (Å²) in [6.45, 7) is 5.62. The maximum Gasteiger partial charge on any atom is 0.407 e. The highest BCUT2D eigenvalue weighted by molar-refractivity contribution is 5.89. The van der Waals surface area contributed by atoms with Crippen molar-refractivity contribution < 1.29 is 9.53 Å². The average Bonchev–Trinajstić information content (AvgIpc) is 2.88. The van der Waals surface area contributed by atoms with Crippen LogP contribution in [-0.2, 0) is 11.8 Å². The average molecular weight is 345 g/mol. The Hall–Kier alpha value is -2.31. The van der Waals surface area contributed by atoms with Gasteiger partial charge in [-0.15, -0.1) is 0 Å². The first-order valence-corrected chi connectivity index (χ1v) is 8.84. The van der Waals surface area contributed by atoms with Crippen LogP contribution in [0.2, 0.25) is 0 Å². The lowest BCUT2D eigenvalue weighted by Gasteiger charge is -2.31. The van der Waals surface area contributed by atoms with Crippen LogP contribution in [0.4, 0.5) is 10.6 Å². The molecule has 2 N–H and O–H groups in total. The highest BCUT2D eigenvalue weighted by Gasteiger charge is 2.26. The second kappa shape index (κ2) is 6.90. The largest absolute Gasteiger partial charge is 0.444 e. The van der Waals surface area contributed by atoms with Crippen molar-refractivity contribution in [2.45, 2.75) is 64.1 Å². The van der Waals surface area contributed by atoms with Gasteiger partial charge in [-0.1, -0.05) is 0 Å². The summed E-state index contributed by atoms with van der Waals surface area (Å²) in [4.78, 5) is 16.5. The number of aryl methyl sites for hydroxylation is 1. The SMILES string of the molecule is Cn1ncc2c(N[C@@H]3CCC[C@H](NC(=O)OC(C)(C)C)C3)nccc21. The van der Waals surface area contributed by atoms with E-state index in [1.54, 1.807) is 6.20 Å². The number of hydrogen-bond donors (Lipinski definition) is 2. The number of carbonyl (C=O) groups excluding carboxylic acids is 1. The molecule has 3 rings (SSSR count). The number of pyridine rings is 1. The molecule has 0 unspecified atom stereocenters. The third-order valence-electron chi connectivity index (χ3n) is 4.41.